The fourth-order valence-corrected chi connectivity index (χ4v) is 1.81. The van der Waals surface area contributed by atoms with Gasteiger partial charge in [0, 0.05) is 30.9 Å². The molecule has 0 aliphatic heterocycles. The van der Waals surface area contributed by atoms with E-state index in [1.165, 1.54) is 11.1 Å². The lowest BCUT2D eigenvalue weighted by atomic mass is 10.1. The van der Waals surface area contributed by atoms with Crippen molar-refractivity contribution in [2.75, 3.05) is 0 Å². The Morgan fingerprint density at radius 3 is 2.53 bits per heavy atom. The first kappa shape index (κ1) is 11.6. The Morgan fingerprint density at radius 2 is 1.88 bits per heavy atom. The zero-order valence-electron chi connectivity index (χ0n) is 10.3. The van der Waals surface area contributed by atoms with Crippen LogP contribution < -0.4 is 0 Å². The highest BCUT2D eigenvalue weighted by Gasteiger charge is 2.04. The van der Waals surface area contributed by atoms with Crippen LogP contribution in [-0.4, -0.2) is 10.4 Å². The van der Waals surface area contributed by atoms with E-state index in [-0.39, 0.29) is 5.78 Å². The molecule has 0 unspecified atom stereocenters. The number of ketones is 1. The van der Waals surface area contributed by atoms with E-state index < -0.39 is 0 Å². The first-order valence-corrected chi connectivity index (χ1v) is 5.93. The molecule has 1 aromatic heterocycles. The monoisotopic (exact) mass is 227 g/mol. The number of rotatable bonds is 4. The molecule has 0 spiro atoms. The zero-order chi connectivity index (χ0) is 12.3. The maximum absolute atomic E-state index is 11.5. The van der Waals surface area contributed by atoms with Crippen molar-refractivity contribution in [3.63, 3.8) is 0 Å². The molecule has 0 saturated heterocycles. The molecule has 0 atom stereocenters. The van der Waals surface area contributed by atoms with Crippen molar-refractivity contribution in [2.45, 2.75) is 26.8 Å². The zero-order valence-corrected chi connectivity index (χ0v) is 10.3. The summed E-state index contributed by atoms with van der Waals surface area (Å²) in [5.74, 6) is 0.202. The van der Waals surface area contributed by atoms with Crippen LogP contribution in [0.15, 0.2) is 42.7 Å². The molecular formula is C15H17NO. The average Bonchev–Trinajstić information content (AvgIpc) is 2.80. The van der Waals surface area contributed by atoms with Crippen LogP contribution >= 0.6 is 0 Å². The molecule has 0 N–H and O–H groups in total. The van der Waals surface area contributed by atoms with E-state index in [1.54, 1.807) is 0 Å². The van der Waals surface area contributed by atoms with Crippen LogP contribution in [0, 0.1) is 6.92 Å². The van der Waals surface area contributed by atoms with Gasteiger partial charge in [0.1, 0.15) is 0 Å². The highest BCUT2D eigenvalue weighted by Crippen LogP contribution is 2.09. The van der Waals surface area contributed by atoms with Gasteiger partial charge in [0.25, 0.3) is 0 Å². The Kier molecular flexibility index (Phi) is 3.43. The normalized spacial score (nSPS) is 10.5. The van der Waals surface area contributed by atoms with E-state index in [0.29, 0.717) is 6.42 Å². The molecule has 0 radical (unpaired) electrons. The lowest BCUT2D eigenvalue weighted by molar-refractivity contribution is 0.0988. The summed E-state index contributed by atoms with van der Waals surface area (Å²) in [6.07, 6.45) is 4.45. The van der Waals surface area contributed by atoms with E-state index in [0.717, 1.165) is 12.1 Å². The summed E-state index contributed by atoms with van der Waals surface area (Å²) < 4.78 is 2.05. The van der Waals surface area contributed by atoms with Gasteiger partial charge in [-0.3, -0.25) is 4.79 Å². The highest BCUT2D eigenvalue weighted by molar-refractivity contribution is 5.95. The SMILES string of the molecule is CCC(=O)c1ccn(Cc2ccc(C)cc2)c1. The van der Waals surface area contributed by atoms with Crippen molar-refractivity contribution in [3.8, 4) is 0 Å². The minimum absolute atomic E-state index is 0.202. The second-order valence-electron chi connectivity index (χ2n) is 4.33. The number of benzene rings is 1. The number of aromatic nitrogens is 1. The van der Waals surface area contributed by atoms with Crippen molar-refractivity contribution in [2.24, 2.45) is 0 Å². The van der Waals surface area contributed by atoms with Gasteiger partial charge < -0.3 is 4.57 Å². The van der Waals surface area contributed by atoms with Gasteiger partial charge in [0.2, 0.25) is 0 Å². The molecule has 0 saturated carbocycles. The van der Waals surface area contributed by atoms with Crippen LogP contribution in [0.3, 0.4) is 0 Å². The topological polar surface area (TPSA) is 22.0 Å². The molecule has 88 valence electrons. The molecule has 1 heterocycles. The maximum Gasteiger partial charge on any atom is 0.164 e. The van der Waals surface area contributed by atoms with Gasteiger partial charge in [-0.15, -0.1) is 0 Å². The lowest BCUT2D eigenvalue weighted by Gasteiger charge is -2.03. The number of aryl methyl sites for hydroxylation is 1. The third kappa shape index (κ3) is 2.84. The Hall–Kier alpha value is -1.83. The summed E-state index contributed by atoms with van der Waals surface area (Å²) in [5, 5.41) is 0. The molecule has 2 heteroatoms. The predicted molar refractivity (Wildman–Crippen MR) is 69.3 cm³/mol. The number of nitrogens with zero attached hydrogens (tertiary/aromatic N) is 1. The van der Waals surface area contributed by atoms with Crippen molar-refractivity contribution in [3.05, 3.63) is 59.4 Å². The predicted octanol–water partition coefficient (Wildman–Crippen LogP) is 3.44. The third-order valence-corrected chi connectivity index (χ3v) is 2.88. The molecule has 2 rings (SSSR count). The Balaban J connectivity index is 2.11. The van der Waals surface area contributed by atoms with Gasteiger partial charge in [-0.05, 0) is 18.6 Å². The van der Waals surface area contributed by atoms with Gasteiger partial charge in [0.05, 0.1) is 0 Å². The molecule has 0 fully saturated rings. The Morgan fingerprint density at radius 1 is 1.18 bits per heavy atom. The second-order valence-corrected chi connectivity index (χ2v) is 4.33. The fraction of sp³-hybridized carbons (Fsp3) is 0.267. The van der Waals surface area contributed by atoms with Crippen LogP contribution in [0.1, 0.15) is 34.8 Å². The molecule has 0 aliphatic rings. The van der Waals surface area contributed by atoms with Gasteiger partial charge >= 0.3 is 0 Å². The van der Waals surface area contributed by atoms with Crippen LogP contribution in [0.5, 0.6) is 0 Å². The molecular weight excluding hydrogens is 210 g/mol. The number of Topliss-reactive ketones (excluding diaryl/α,β-unsaturated/α-hetero) is 1. The first-order chi connectivity index (χ1) is 8.19. The quantitative estimate of drug-likeness (QED) is 0.733. The van der Waals surface area contributed by atoms with E-state index in [9.17, 15) is 4.79 Å². The van der Waals surface area contributed by atoms with Gasteiger partial charge in [-0.25, -0.2) is 0 Å². The van der Waals surface area contributed by atoms with Crippen LogP contribution in [0.4, 0.5) is 0 Å². The summed E-state index contributed by atoms with van der Waals surface area (Å²) >= 11 is 0. The number of hydrogen-bond acceptors (Lipinski definition) is 1. The summed E-state index contributed by atoms with van der Waals surface area (Å²) in [7, 11) is 0. The molecule has 0 bridgehead atoms. The standard InChI is InChI=1S/C15H17NO/c1-3-15(17)14-8-9-16(11-14)10-13-6-4-12(2)5-7-13/h4-9,11H,3,10H2,1-2H3. The smallest absolute Gasteiger partial charge is 0.164 e. The van der Waals surface area contributed by atoms with Crippen molar-refractivity contribution in [1.29, 1.82) is 0 Å². The number of carbonyl (C=O) groups is 1. The summed E-state index contributed by atoms with van der Waals surface area (Å²) in [6, 6.07) is 10.3. The van der Waals surface area contributed by atoms with Gasteiger partial charge in [-0.2, -0.15) is 0 Å². The van der Waals surface area contributed by atoms with Gasteiger partial charge in [-0.1, -0.05) is 36.8 Å². The summed E-state index contributed by atoms with van der Waals surface area (Å²) in [5.41, 5.74) is 3.32. The Labute approximate surface area is 102 Å². The summed E-state index contributed by atoms with van der Waals surface area (Å²) in [6.45, 7) is 4.79. The summed E-state index contributed by atoms with van der Waals surface area (Å²) in [4.78, 5) is 11.5. The van der Waals surface area contributed by atoms with E-state index in [1.807, 2.05) is 30.0 Å². The largest absolute Gasteiger partial charge is 0.349 e. The van der Waals surface area contributed by atoms with E-state index in [2.05, 4.69) is 31.2 Å². The van der Waals surface area contributed by atoms with Crippen LogP contribution in [-0.2, 0) is 6.54 Å². The average molecular weight is 227 g/mol. The first-order valence-electron chi connectivity index (χ1n) is 5.93. The van der Waals surface area contributed by atoms with Crippen molar-refractivity contribution >= 4 is 5.78 Å². The fourth-order valence-electron chi connectivity index (χ4n) is 1.81. The van der Waals surface area contributed by atoms with Crippen LogP contribution in [0.25, 0.3) is 0 Å². The molecule has 0 aliphatic carbocycles. The molecule has 0 amide bonds. The van der Waals surface area contributed by atoms with E-state index in [4.69, 9.17) is 0 Å². The number of carbonyl (C=O) groups excluding carboxylic acids is 1. The minimum atomic E-state index is 0.202. The second kappa shape index (κ2) is 5.00. The molecule has 2 nitrogen and oxygen atoms in total. The van der Waals surface area contributed by atoms with Crippen molar-refractivity contribution < 1.29 is 4.79 Å². The molecule has 1 aromatic carbocycles. The van der Waals surface area contributed by atoms with E-state index >= 15 is 0 Å². The Bertz CT molecular complexity index is 508. The third-order valence-electron chi connectivity index (χ3n) is 2.88. The highest BCUT2D eigenvalue weighted by atomic mass is 16.1. The number of hydrogen-bond donors (Lipinski definition) is 0. The lowest BCUT2D eigenvalue weighted by Crippen LogP contribution is -1.98. The molecule has 17 heavy (non-hydrogen) atoms. The van der Waals surface area contributed by atoms with Crippen LogP contribution in [0.2, 0.25) is 0 Å². The van der Waals surface area contributed by atoms with Crippen molar-refractivity contribution in [1.82, 2.24) is 4.57 Å². The maximum atomic E-state index is 11.5. The minimum Gasteiger partial charge on any atom is -0.349 e. The van der Waals surface area contributed by atoms with Gasteiger partial charge in [0.15, 0.2) is 5.78 Å². The molecule has 2 aromatic rings.